The number of hydrogen-bond acceptors (Lipinski definition) is 5. The molecule has 98 valence electrons. The van der Waals surface area contributed by atoms with E-state index in [-0.39, 0.29) is 6.04 Å². The number of rotatable bonds is 7. The Balaban J connectivity index is 2.77. The van der Waals surface area contributed by atoms with Gasteiger partial charge in [-0.25, -0.2) is 0 Å². The lowest BCUT2D eigenvalue weighted by molar-refractivity contribution is -0.0106. The van der Waals surface area contributed by atoms with Crippen molar-refractivity contribution in [2.24, 2.45) is 0 Å². The average Bonchev–Trinajstić information content (AvgIpc) is 2.85. The normalized spacial score (nSPS) is 16.8. The Morgan fingerprint density at radius 3 is 2.71 bits per heavy atom. The minimum atomic E-state index is -0.466. The summed E-state index contributed by atoms with van der Waals surface area (Å²) < 4.78 is 10.7. The van der Waals surface area contributed by atoms with Crippen molar-refractivity contribution in [3.8, 4) is 0 Å². The highest BCUT2D eigenvalue weighted by Gasteiger charge is 2.30. The van der Waals surface area contributed by atoms with E-state index in [2.05, 4.69) is 22.4 Å². The van der Waals surface area contributed by atoms with Crippen LogP contribution in [-0.2, 0) is 10.3 Å². The van der Waals surface area contributed by atoms with Crippen LogP contribution in [0.3, 0.4) is 0 Å². The standard InChI is InChI=1S/C12H23N3O2/c1-6-8-13-9(3)10-14-11(15-17-10)12(4,7-2)16-5/h9,13H,6-8H2,1-5H3. The van der Waals surface area contributed by atoms with Gasteiger partial charge in [0, 0.05) is 7.11 Å². The molecule has 17 heavy (non-hydrogen) atoms. The molecule has 1 rings (SSSR count). The second kappa shape index (κ2) is 6.12. The van der Waals surface area contributed by atoms with E-state index < -0.39 is 5.60 Å². The van der Waals surface area contributed by atoms with Gasteiger partial charge in [-0.15, -0.1) is 0 Å². The minimum Gasteiger partial charge on any atom is -0.370 e. The Morgan fingerprint density at radius 2 is 2.18 bits per heavy atom. The van der Waals surface area contributed by atoms with Crippen LogP contribution in [0.1, 0.15) is 58.3 Å². The third-order valence-corrected chi connectivity index (χ3v) is 3.11. The summed E-state index contributed by atoms with van der Waals surface area (Å²) in [6.45, 7) is 9.08. The van der Waals surface area contributed by atoms with Crippen LogP contribution in [0, 0.1) is 0 Å². The molecule has 0 aliphatic rings. The summed E-state index contributed by atoms with van der Waals surface area (Å²) in [5, 5.41) is 7.32. The van der Waals surface area contributed by atoms with Gasteiger partial charge in [-0.3, -0.25) is 0 Å². The van der Waals surface area contributed by atoms with Gasteiger partial charge in [0.25, 0.3) is 0 Å². The van der Waals surface area contributed by atoms with Crippen molar-refractivity contribution in [2.75, 3.05) is 13.7 Å². The van der Waals surface area contributed by atoms with Gasteiger partial charge in [-0.2, -0.15) is 4.98 Å². The van der Waals surface area contributed by atoms with E-state index in [1.807, 2.05) is 20.8 Å². The van der Waals surface area contributed by atoms with E-state index in [0.717, 1.165) is 19.4 Å². The van der Waals surface area contributed by atoms with Crippen LogP contribution in [0.5, 0.6) is 0 Å². The van der Waals surface area contributed by atoms with Gasteiger partial charge in [-0.1, -0.05) is 19.0 Å². The molecule has 0 fully saturated rings. The molecular formula is C12H23N3O2. The van der Waals surface area contributed by atoms with E-state index in [1.165, 1.54) is 0 Å². The monoisotopic (exact) mass is 241 g/mol. The molecule has 2 unspecified atom stereocenters. The third-order valence-electron chi connectivity index (χ3n) is 3.11. The third kappa shape index (κ3) is 3.26. The van der Waals surface area contributed by atoms with Crippen molar-refractivity contribution in [2.45, 2.75) is 52.2 Å². The molecule has 1 N–H and O–H groups in total. The van der Waals surface area contributed by atoms with Gasteiger partial charge in [0.2, 0.25) is 11.7 Å². The minimum absolute atomic E-state index is 0.0779. The van der Waals surface area contributed by atoms with Crippen LogP contribution >= 0.6 is 0 Å². The van der Waals surface area contributed by atoms with Crippen LogP contribution in [0.2, 0.25) is 0 Å². The number of aromatic nitrogens is 2. The molecule has 0 aromatic carbocycles. The molecule has 0 radical (unpaired) electrons. The molecule has 1 heterocycles. The van der Waals surface area contributed by atoms with Crippen LogP contribution in [0.15, 0.2) is 4.52 Å². The fourth-order valence-corrected chi connectivity index (χ4v) is 1.47. The van der Waals surface area contributed by atoms with Gasteiger partial charge >= 0.3 is 0 Å². The smallest absolute Gasteiger partial charge is 0.243 e. The maximum Gasteiger partial charge on any atom is 0.243 e. The molecule has 0 amide bonds. The Hall–Kier alpha value is -0.940. The van der Waals surface area contributed by atoms with Gasteiger partial charge in [0.1, 0.15) is 5.60 Å². The summed E-state index contributed by atoms with van der Waals surface area (Å²) in [4.78, 5) is 4.41. The zero-order valence-electron chi connectivity index (χ0n) is 11.4. The SMILES string of the molecule is CCCNC(C)c1nc(C(C)(CC)OC)no1. The van der Waals surface area contributed by atoms with Gasteiger partial charge in [0.05, 0.1) is 6.04 Å². The summed E-state index contributed by atoms with van der Waals surface area (Å²) in [6, 6.07) is 0.0779. The van der Waals surface area contributed by atoms with E-state index in [4.69, 9.17) is 9.26 Å². The molecule has 0 spiro atoms. The fraction of sp³-hybridized carbons (Fsp3) is 0.833. The molecular weight excluding hydrogens is 218 g/mol. The number of nitrogens with zero attached hydrogens (tertiary/aromatic N) is 2. The maximum atomic E-state index is 5.44. The van der Waals surface area contributed by atoms with E-state index in [9.17, 15) is 0 Å². The summed E-state index contributed by atoms with van der Waals surface area (Å²) in [7, 11) is 1.66. The summed E-state index contributed by atoms with van der Waals surface area (Å²) >= 11 is 0. The lowest BCUT2D eigenvalue weighted by Gasteiger charge is -2.21. The molecule has 2 atom stereocenters. The lowest BCUT2D eigenvalue weighted by Crippen LogP contribution is -2.25. The van der Waals surface area contributed by atoms with Crippen LogP contribution in [0.4, 0.5) is 0 Å². The van der Waals surface area contributed by atoms with Crippen LogP contribution in [-0.4, -0.2) is 23.8 Å². The fourth-order valence-electron chi connectivity index (χ4n) is 1.47. The molecule has 1 aromatic rings. The molecule has 1 aromatic heterocycles. The molecule has 5 nitrogen and oxygen atoms in total. The largest absolute Gasteiger partial charge is 0.370 e. The summed E-state index contributed by atoms with van der Waals surface area (Å²) in [5.41, 5.74) is -0.466. The number of methoxy groups -OCH3 is 1. The first kappa shape index (κ1) is 14.1. The molecule has 0 aliphatic heterocycles. The van der Waals surface area contributed by atoms with Crippen LogP contribution < -0.4 is 5.32 Å². The zero-order valence-corrected chi connectivity index (χ0v) is 11.4. The number of ether oxygens (including phenoxy) is 1. The molecule has 0 saturated carbocycles. The second-order valence-corrected chi connectivity index (χ2v) is 4.42. The predicted octanol–water partition coefficient (Wildman–Crippen LogP) is 2.40. The maximum absolute atomic E-state index is 5.44. The topological polar surface area (TPSA) is 60.2 Å². The van der Waals surface area contributed by atoms with Gasteiger partial charge < -0.3 is 14.6 Å². The Labute approximate surface area is 103 Å². The Kier molecular flexibility index (Phi) is 5.08. The molecule has 0 saturated heterocycles. The van der Waals surface area contributed by atoms with Crippen molar-refractivity contribution in [3.05, 3.63) is 11.7 Å². The van der Waals surface area contributed by atoms with Crippen molar-refractivity contribution in [3.63, 3.8) is 0 Å². The number of nitrogens with one attached hydrogen (secondary N) is 1. The Bertz CT molecular complexity index is 334. The highest BCUT2D eigenvalue weighted by Crippen LogP contribution is 2.26. The van der Waals surface area contributed by atoms with E-state index >= 15 is 0 Å². The first-order valence-corrected chi connectivity index (χ1v) is 6.20. The van der Waals surface area contributed by atoms with Crippen molar-refractivity contribution in [1.29, 1.82) is 0 Å². The molecule has 0 aliphatic carbocycles. The highest BCUT2D eigenvalue weighted by atomic mass is 16.5. The average molecular weight is 241 g/mol. The second-order valence-electron chi connectivity index (χ2n) is 4.42. The molecule has 0 bridgehead atoms. The van der Waals surface area contributed by atoms with E-state index in [0.29, 0.717) is 11.7 Å². The quantitative estimate of drug-likeness (QED) is 0.794. The van der Waals surface area contributed by atoms with Crippen molar-refractivity contribution < 1.29 is 9.26 Å². The Morgan fingerprint density at radius 1 is 1.47 bits per heavy atom. The van der Waals surface area contributed by atoms with Gasteiger partial charge in [0.15, 0.2) is 0 Å². The first-order valence-electron chi connectivity index (χ1n) is 6.20. The lowest BCUT2D eigenvalue weighted by atomic mass is 10.0. The van der Waals surface area contributed by atoms with Gasteiger partial charge in [-0.05, 0) is 33.2 Å². The zero-order chi connectivity index (χ0) is 12.9. The van der Waals surface area contributed by atoms with Crippen molar-refractivity contribution in [1.82, 2.24) is 15.5 Å². The predicted molar refractivity (Wildman–Crippen MR) is 65.7 cm³/mol. The van der Waals surface area contributed by atoms with E-state index in [1.54, 1.807) is 7.11 Å². The highest BCUT2D eigenvalue weighted by molar-refractivity contribution is 5.00. The first-order chi connectivity index (χ1) is 8.07. The summed E-state index contributed by atoms with van der Waals surface area (Å²) in [6.07, 6.45) is 1.88. The molecule has 5 heteroatoms. The number of hydrogen-bond donors (Lipinski definition) is 1. The van der Waals surface area contributed by atoms with Crippen molar-refractivity contribution >= 4 is 0 Å². The summed E-state index contributed by atoms with van der Waals surface area (Å²) in [5.74, 6) is 1.23. The van der Waals surface area contributed by atoms with Crippen LogP contribution in [0.25, 0.3) is 0 Å².